The van der Waals surface area contributed by atoms with Crippen molar-refractivity contribution in [3.05, 3.63) is 35.4 Å². The van der Waals surface area contributed by atoms with Gasteiger partial charge >= 0.3 is 0 Å². The van der Waals surface area contributed by atoms with E-state index in [0.29, 0.717) is 22.9 Å². The molecule has 0 spiro atoms. The van der Waals surface area contributed by atoms with E-state index in [1.165, 1.54) is 6.42 Å². The van der Waals surface area contributed by atoms with Crippen molar-refractivity contribution in [2.24, 2.45) is 5.41 Å². The highest BCUT2D eigenvalue weighted by molar-refractivity contribution is 6.17. The van der Waals surface area contributed by atoms with Gasteiger partial charge in [0.2, 0.25) is 0 Å². The average molecular weight is 266 g/mol. The van der Waals surface area contributed by atoms with Crippen LogP contribution in [0.3, 0.4) is 0 Å². The van der Waals surface area contributed by atoms with Gasteiger partial charge in [-0.15, -0.1) is 11.6 Å². The highest BCUT2D eigenvalue weighted by atomic mass is 35.5. The molecule has 1 saturated carbocycles. The lowest BCUT2D eigenvalue weighted by Gasteiger charge is -2.18. The van der Waals surface area contributed by atoms with Gasteiger partial charge in [-0.1, -0.05) is 26.0 Å². The maximum atomic E-state index is 12.1. The second-order valence-corrected chi connectivity index (χ2v) is 6.18. The van der Waals surface area contributed by atoms with Gasteiger partial charge in [0, 0.05) is 17.5 Å². The van der Waals surface area contributed by atoms with Crippen molar-refractivity contribution in [1.82, 2.24) is 5.32 Å². The molecule has 0 aromatic heterocycles. The minimum absolute atomic E-state index is 0.0182. The van der Waals surface area contributed by atoms with Crippen LogP contribution in [-0.4, -0.2) is 11.9 Å². The molecule has 1 aliphatic rings. The summed E-state index contributed by atoms with van der Waals surface area (Å²) in [5.74, 6) is 0.460. The van der Waals surface area contributed by atoms with E-state index in [1.807, 2.05) is 24.3 Å². The van der Waals surface area contributed by atoms with Crippen LogP contribution in [-0.2, 0) is 5.88 Å². The van der Waals surface area contributed by atoms with Crippen LogP contribution in [0.5, 0.6) is 0 Å². The summed E-state index contributed by atoms with van der Waals surface area (Å²) in [5, 5.41) is 3.12. The number of hydrogen-bond acceptors (Lipinski definition) is 1. The first-order valence-electron chi connectivity index (χ1n) is 6.46. The molecule has 1 aromatic rings. The van der Waals surface area contributed by atoms with Gasteiger partial charge in [0.15, 0.2) is 0 Å². The Bertz CT molecular complexity index is 442. The molecule has 1 unspecified atom stereocenters. The third kappa shape index (κ3) is 3.26. The number of alkyl halides is 1. The molecule has 98 valence electrons. The zero-order chi connectivity index (χ0) is 13.2. The van der Waals surface area contributed by atoms with Gasteiger partial charge in [0.25, 0.3) is 5.91 Å². The van der Waals surface area contributed by atoms with Crippen LogP contribution in [0.2, 0.25) is 0 Å². The van der Waals surface area contributed by atoms with Crippen LogP contribution in [0.25, 0.3) is 0 Å². The molecule has 3 heteroatoms. The molecule has 0 heterocycles. The second-order valence-electron chi connectivity index (χ2n) is 5.91. The Labute approximate surface area is 114 Å². The highest BCUT2D eigenvalue weighted by Gasteiger charge is 2.31. The Morgan fingerprint density at radius 1 is 1.50 bits per heavy atom. The number of amides is 1. The maximum absolute atomic E-state index is 12.1. The van der Waals surface area contributed by atoms with Gasteiger partial charge in [0.05, 0.1) is 0 Å². The fourth-order valence-corrected chi connectivity index (χ4v) is 2.79. The number of carbonyl (C=O) groups is 1. The zero-order valence-corrected chi connectivity index (χ0v) is 11.8. The Morgan fingerprint density at radius 3 is 2.89 bits per heavy atom. The summed E-state index contributed by atoms with van der Waals surface area (Å²) < 4.78 is 0. The minimum atomic E-state index is 0.0182. The van der Waals surface area contributed by atoms with Crippen LogP contribution >= 0.6 is 11.6 Å². The summed E-state index contributed by atoms with van der Waals surface area (Å²) >= 11 is 5.78. The molecule has 0 radical (unpaired) electrons. The number of halogens is 1. The standard InChI is InChI=1S/C15H20ClNO/c1-15(2)7-6-13(9-15)17-14(18)12-5-3-4-11(8-12)10-16/h3-5,8,13H,6-7,9-10H2,1-2H3,(H,17,18). The van der Waals surface area contributed by atoms with Crippen molar-refractivity contribution in [2.75, 3.05) is 0 Å². The van der Waals surface area contributed by atoms with Gasteiger partial charge < -0.3 is 5.32 Å². The Hall–Kier alpha value is -1.02. The second kappa shape index (κ2) is 5.31. The topological polar surface area (TPSA) is 29.1 Å². The summed E-state index contributed by atoms with van der Waals surface area (Å²) in [6.45, 7) is 4.51. The van der Waals surface area contributed by atoms with Crippen LogP contribution in [0.1, 0.15) is 49.0 Å². The molecule has 0 bridgehead atoms. The van der Waals surface area contributed by atoms with Crippen molar-refractivity contribution in [3.8, 4) is 0 Å². The molecule has 1 N–H and O–H groups in total. The summed E-state index contributed by atoms with van der Waals surface area (Å²) in [4.78, 5) is 12.1. The van der Waals surface area contributed by atoms with E-state index in [1.54, 1.807) is 0 Å². The Balaban J connectivity index is 1.99. The molecule has 0 aliphatic heterocycles. The zero-order valence-electron chi connectivity index (χ0n) is 11.0. The first-order chi connectivity index (χ1) is 8.50. The third-order valence-electron chi connectivity index (χ3n) is 3.65. The lowest BCUT2D eigenvalue weighted by Crippen LogP contribution is -2.33. The van der Waals surface area contributed by atoms with Crippen molar-refractivity contribution in [2.45, 2.75) is 45.0 Å². The monoisotopic (exact) mass is 265 g/mol. The van der Waals surface area contributed by atoms with E-state index in [4.69, 9.17) is 11.6 Å². The van der Waals surface area contributed by atoms with E-state index >= 15 is 0 Å². The molecule has 1 aliphatic carbocycles. The SMILES string of the molecule is CC1(C)CCC(NC(=O)c2cccc(CCl)c2)C1. The molecule has 2 rings (SSSR count). The largest absolute Gasteiger partial charge is 0.349 e. The number of benzene rings is 1. The lowest BCUT2D eigenvalue weighted by molar-refractivity contribution is 0.0936. The van der Waals surface area contributed by atoms with E-state index in [9.17, 15) is 4.79 Å². The van der Waals surface area contributed by atoms with Crippen LogP contribution in [0.15, 0.2) is 24.3 Å². The predicted molar refractivity (Wildman–Crippen MR) is 74.9 cm³/mol. The number of rotatable bonds is 3. The summed E-state index contributed by atoms with van der Waals surface area (Å²) in [6, 6.07) is 7.83. The predicted octanol–water partition coefficient (Wildman–Crippen LogP) is 3.73. The Morgan fingerprint density at radius 2 is 2.28 bits per heavy atom. The molecule has 1 amide bonds. The van der Waals surface area contributed by atoms with Crippen molar-refractivity contribution < 1.29 is 4.79 Å². The van der Waals surface area contributed by atoms with Gasteiger partial charge in [-0.3, -0.25) is 4.79 Å². The Kier molecular flexibility index (Phi) is 3.96. The van der Waals surface area contributed by atoms with Crippen molar-refractivity contribution >= 4 is 17.5 Å². The van der Waals surface area contributed by atoms with Gasteiger partial charge in [-0.05, 0) is 42.4 Å². The average Bonchev–Trinajstić information content (AvgIpc) is 2.68. The van der Waals surface area contributed by atoms with E-state index < -0.39 is 0 Å². The molecule has 1 fully saturated rings. The summed E-state index contributed by atoms with van der Waals surface area (Å²) in [5.41, 5.74) is 2.05. The third-order valence-corrected chi connectivity index (χ3v) is 3.96. The molecular formula is C15H20ClNO. The normalized spacial score (nSPS) is 21.8. The molecule has 1 atom stereocenters. The van der Waals surface area contributed by atoms with Gasteiger partial charge in [-0.2, -0.15) is 0 Å². The number of nitrogens with one attached hydrogen (secondary N) is 1. The highest BCUT2D eigenvalue weighted by Crippen LogP contribution is 2.36. The van der Waals surface area contributed by atoms with Crippen LogP contribution in [0.4, 0.5) is 0 Å². The fraction of sp³-hybridized carbons (Fsp3) is 0.533. The quantitative estimate of drug-likeness (QED) is 0.829. The molecule has 0 saturated heterocycles. The first kappa shape index (κ1) is 13.4. The summed E-state index contributed by atoms with van der Waals surface area (Å²) in [6.07, 6.45) is 3.32. The van der Waals surface area contributed by atoms with Crippen LogP contribution < -0.4 is 5.32 Å². The van der Waals surface area contributed by atoms with Crippen molar-refractivity contribution in [3.63, 3.8) is 0 Å². The van der Waals surface area contributed by atoms with Gasteiger partial charge in [-0.25, -0.2) is 0 Å². The van der Waals surface area contributed by atoms with E-state index in [2.05, 4.69) is 19.2 Å². The fourth-order valence-electron chi connectivity index (χ4n) is 2.62. The lowest BCUT2D eigenvalue weighted by atomic mass is 9.92. The molecule has 18 heavy (non-hydrogen) atoms. The van der Waals surface area contributed by atoms with Crippen LogP contribution in [0, 0.1) is 5.41 Å². The summed E-state index contributed by atoms with van der Waals surface area (Å²) in [7, 11) is 0. The van der Waals surface area contributed by atoms with E-state index in [-0.39, 0.29) is 5.91 Å². The molecule has 1 aromatic carbocycles. The number of hydrogen-bond donors (Lipinski definition) is 1. The first-order valence-corrected chi connectivity index (χ1v) is 6.99. The maximum Gasteiger partial charge on any atom is 0.251 e. The number of carbonyl (C=O) groups excluding carboxylic acids is 1. The van der Waals surface area contributed by atoms with E-state index in [0.717, 1.165) is 18.4 Å². The minimum Gasteiger partial charge on any atom is -0.349 e. The molecular weight excluding hydrogens is 246 g/mol. The van der Waals surface area contributed by atoms with Crippen molar-refractivity contribution in [1.29, 1.82) is 0 Å². The van der Waals surface area contributed by atoms with Gasteiger partial charge in [0.1, 0.15) is 0 Å². The smallest absolute Gasteiger partial charge is 0.251 e. The molecule has 2 nitrogen and oxygen atoms in total.